The fraction of sp³-hybridized carbons (Fsp3) is 0.0769. The summed E-state index contributed by atoms with van der Waals surface area (Å²) in [5, 5.41) is 2.91. The van der Waals surface area contributed by atoms with Crippen molar-refractivity contribution < 1.29 is 13.5 Å². The molecule has 0 saturated carbocycles. The Kier molecular flexibility index (Phi) is 3.90. The maximum Gasteiger partial charge on any atom is 0.165 e. The molecule has 0 unspecified atom stereocenters. The maximum atomic E-state index is 13.4. The summed E-state index contributed by atoms with van der Waals surface area (Å²) in [6.45, 7) is 0. The Morgan fingerprint density at radius 2 is 1.89 bits per heavy atom. The smallest absolute Gasteiger partial charge is 0.165 e. The summed E-state index contributed by atoms with van der Waals surface area (Å²) in [6, 6.07) is 6.95. The zero-order valence-electron chi connectivity index (χ0n) is 10.0. The first-order valence-corrected chi connectivity index (χ1v) is 6.15. The predicted octanol–water partition coefficient (Wildman–Crippen LogP) is 4.06. The lowest BCUT2D eigenvalue weighted by molar-refractivity contribution is 0.387. The van der Waals surface area contributed by atoms with E-state index in [0.717, 1.165) is 0 Å². The second-order valence-electron chi connectivity index (χ2n) is 3.83. The zero-order chi connectivity index (χ0) is 14.0. The molecule has 100 valence electrons. The highest BCUT2D eigenvalue weighted by atomic mass is 79.9. The van der Waals surface area contributed by atoms with Crippen molar-refractivity contribution in [2.75, 3.05) is 18.2 Å². The van der Waals surface area contributed by atoms with Gasteiger partial charge >= 0.3 is 0 Å². The number of anilines is 3. The Morgan fingerprint density at radius 3 is 2.58 bits per heavy atom. The largest absolute Gasteiger partial charge is 0.494 e. The second-order valence-corrected chi connectivity index (χ2v) is 4.68. The second kappa shape index (κ2) is 5.44. The highest BCUT2D eigenvalue weighted by Crippen LogP contribution is 2.30. The molecule has 0 aliphatic heterocycles. The van der Waals surface area contributed by atoms with Crippen molar-refractivity contribution in [2.45, 2.75) is 0 Å². The van der Waals surface area contributed by atoms with Crippen LogP contribution in [0.25, 0.3) is 0 Å². The van der Waals surface area contributed by atoms with Gasteiger partial charge in [0.2, 0.25) is 0 Å². The minimum atomic E-state index is -0.469. The van der Waals surface area contributed by atoms with Crippen molar-refractivity contribution in [1.82, 2.24) is 0 Å². The first kappa shape index (κ1) is 13.6. The van der Waals surface area contributed by atoms with Crippen LogP contribution in [-0.4, -0.2) is 7.11 Å². The summed E-state index contributed by atoms with van der Waals surface area (Å²) in [5.41, 5.74) is 7.09. The fourth-order valence-corrected chi connectivity index (χ4v) is 1.92. The summed E-state index contributed by atoms with van der Waals surface area (Å²) in [5.74, 6) is -0.810. The standard InChI is InChI=1S/C13H11BrF2N2O/c1-19-13-4-7(2-3-9(13)15)18-12-6-10(16)8(14)5-11(12)17/h2-6,18H,17H2,1H3. The first-order chi connectivity index (χ1) is 9.01. The molecule has 2 rings (SSSR count). The van der Waals surface area contributed by atoms with Crippen molar-refractivity contribution in [3.05, 3.63) is 46.4 Å². The molecule has 2 aromatic rings. The van der Waals surface area contributed by atoms with Crippen molar-refractivity contribution >= 4 is 33.0 Å². The van der Waals surface area contributed by atoms with Crippen LogP contribution in [0.2, 0.25) is 0 Å². The molecule has 0 amide bonds. The van der Waals surface area contributed by atoms with E-state index in [1.807, 2.05) is 0 Å². The maximum absolute atomic E-state index is 13.4. The molecule has 0 aliphatic carbocycles. The van der Waals surface area contributed by atoms with Crippen LogP contribution >= 0.6 is 15.9 Å². The molecule has 2 aromatic carbocycles. The van der Waals surface area contributed by atoms with E-state index in [-0.39, 0.29) is 10.2 Å². The van der Waals surface area contributed by atoms with E-state index in [1.54, 1.807) is 0 Å². The van der Waals surface area contributed by atoms with E-state index in [2.05, 4.69) is 21.2 Å². The minimum Gasteiger partial charge on any atom is -0.494 e. The number of methoxy groups -OCH3 is 1. The summed E-state index contributed by atoms with van der Waals surface area (Å²) >= 11 is 3.05. The number of nitrogen functional groups attached to an aromatic ring is 1. The van der Waals surface area contributed by atoms with Gasteiger partial charge in [-0.1, -0.05) is 0 Å². The summed E-state index contributed by atoms with van der Waals surface area (Å²) in [4.78, 5) is 0. The van der Waals surface area contributed by atoms with Crippen molar-refractivity contribution in [1.29, 1.82) is 0 Å². The van der Waals surface area contributed by atoms with Crippen LogP contribution < -0.4 is 15.8 Å². The van der Waals surface area contributed by atoms with Gasteiger partial charge in [0.1, 0.15) is 5.82 Å². The number of halogens is 3. The van der Waals surface area contributed by atoms with Gasteiger partial charge in [-0.2, -0.15) is 0 Å². The van der Waals surface area contributed by atoms with Crippen molar-refractivity contribution in [3.8, 4) is 5.75 Å². The summed E-state index contributed by atoms with van der Waals surface area (Å²) < 4.78 is 31.9. The third-order valence-corrected chi connectivity index (χ3v) is 3.13. The predicted molar refractivity (Wildman–Crippen MR) is 74.7 cm³/mol. The third kappa shape index (κ3) is 2.96. The lowest BCUT2D eigenvalue weighted by atomic mass is 10.2. The van der Waals surface area contributed by atoms with Crippen LogP contribution in [0.1, 0.15) is 0 Å². The number of hydrogen-bond acceptors (Lipinski definition) is 3. The van der Waals surface area contributed by atoms with Crippen LogP contribution in [-0.2, 0) is 0 Å². The molecular weight excluding hydrogens is 318 g/mol. The summed E-state index contributed by atoms with van der Waals surface area (Å²) in [7, 11) is 1.37. The molecule has 3 nitrogen and oxygen atoms in total. The monoisotopic (exact) mass is 328 g/mol. The number of ether oxygens (including phenoxy) is 1. The van der Waals surface area contributed by atoms with Crippen LogP contribution in [0.4, 0.5) is 25.8 Å². The quantitative estimate of drug-likeness (QED) is 0.835. The van der Waals surface area contributed by atoms with E-state index in [4.69, 9.17) is 10.5 Å². The number of nitrogens with one attached hydrogen (secondary N) is 1. The molecule has 0 spiro atoms. The molecule has 0 fully saturated rings. The molecule has 0 aromatic heterocycles. The number of benzene rings is 2. The Morgan fingerprint density at radius 1 is 1.16 bits per heavy atom. The van der Waals surface area contributed by atoms with Gasteiger partial charge in [-0.3, -0.25) is 0 Å². The van der Waals surface area contributed by atoms with Gasteiger partial charge in [0, 0.05) is 17.8 Å². The van der Waals surface area contributed by atoms with Gasteiger partial charge in [-0.15, -0.1) is 0 Å². The molecule has 0 saturated heterocycles. The van der Waals surface area contributed by atoms with Crippen LogP contribution in [0.15, 0.2) is 34.8 Å². The zero-order valence-corrected chi connectivity index (χ0v) is 11.6. The highest BCUT2D eigenvalue weighted by Gasteiger charge is 2.08. The van der Waals surface area contributed by atoms with Gasteiger partial charge in [-0.25, -0.2) is 8.78 Å². The van der Waals surface area contributed by atoms with Crippen molar-refractivity contribution in [2.24, 2.45) is 0 Å². The molecule has 6 heteroatoms. The number of hydrogen-bond donors (Lipinski definition) is 2. The van der Waals surface area contributed by atoms with Crippen LogP contribution in [0.3, 0.4) is 0 Å². The highest BCUT2D eigenvalue weighted by molar-refractivity contribution is 9.10. The lowest BCUT2D eigenvalue weighted by Gasteiger charge is -2.11. The fourth-order valence-electron chi connectivity index (χ4n) is 1.56. The van der Waals surface area contributed by atoms with Crippen LogP contribution in [0.5, 0.6) is 5.75 Å². The lowest BCUT2D eigenvalue weighted by Crippen LogP contribution is -1.98. The van der Waals surface area contributed by atoms with E-state index in [9.17, 15) is 8.78 Å². The van der Waals surface area contributed by atoms with Gasteiger partial charge in [-0.05, 0) is 34.1 Å². The van der Waals surface area contributed by atoms with E-state index >= 15 is 0 Å². The molecule has 3 N–H and O–H groups in total. The Bertz CT molecular complexity index is 620. The number of rotatable bonds is 3. The van der Waals surface area contributed by atoms with E-state index < -0.39 is 11.6 Å². The topological polar surface area (TPSA) is 47.3 Å². The Hall–Kier alpha value is -1.82. The molecule has 0 heterocycles. The average Bonchev–Trinajstić information content (AvgIpc) is 2.38. The molecular formula is C13H11BrF2N2O. The summed E-state index contributed by atoms with van der Waals surface area (Å²) in [6.07, 6.45) is 0. The molecule has 19 heavy (non-hydrogen) atoms. The molecule has 0 radical (unpaired) electrons. The Balaban J connectivity index is 2.33. The van der Waals surface area contributed by atoms with Gasteiger partial charge < -0.3 is 15.8 Å². The van der Waals surface area contributed by atoms with Gasteiger partial charge in [0.25, 0.3) is 0 Å². The van der Waals surface area contributed by atoms with Crippen molar-refractivity contribution in [3.63, 3.8) is 0 Å². The van der Waals surface area contributed by atoms with E-state index in [0.29, 0.717) is 17.1 Å². The number of nitrogens with two attached hydrogens (primary N) is 1. The SMILES string of the molecule is COc1cc(Nc2cc(F)c(Br)cc2N)ccc1F. The van der Waals surface area contributed by atoms with Crippen LogP contribution in [0, 0.1) is 11.6 Å². The average molecular weight is 329 g/mol. The molecule has 0 bridgehead atoms. The third-order valence-electron chi connectivity index (χ3n) is 2.52. The molecule has 0 aliphatic rings. The van der Waals surface area contributed by atoms with Gasteiger partial charge in [0.05, 0.1) is 23.0 Å². The first-order valence-electron chi connectivity index (χ1n) is 5.36. The van der Waals surface area contributed by atoms with E-state index in [1.165, 1.54) is 37.4 Å². The minimum absolute atomic E-state index is 0.0983. The Labute approximate surface area is 117 Å². The van der Waals surface area contributed by atoms with Gasteiger partial charge in [0.15, 0.2) is 11.6 Å². The molecule has 0 atom stereocenters. The normalized spacial score (nSPS) is 10.3.